The van der Waals surface area contributed by atoms with E-state index in [1.807, 2.05) is 0 Å². The fraction of sp³-hybridized carbons (Fsp3) is 0. The molecule has 0 amide bonds. The number of halogens is 1. The van der Waals surface area contributed by atoms with E-state index in [1.54, 1.807) is 12.1 Å². The molecule has 0 saturated heterocycles. The van der Waals surface area contributed by atoms with Gasteiger partial charge in [0.05, 0.1) is 5.39 Å². The lowest BCUT2D eigenvalue weighted by Crippen LogP contribution is -1.97. The standard InChI is InChI=1S/C14H8FNO3/c15-9-5-3-8(4-6-9)12-11(14(17)18)10-2-1-7-16-13(10)19-12/h1-7H,(H,17,18). The summed E-state index contributed by atoms with van der Waals surface area (Å²) in [6.45, 7) is 0. The minimum absolute atomic E-state index is 0.0368. The molecular formula is C14H8FNO3. The van der Waals surface area contributed by atoms with E-state index < -0.39 is 11.8 Å². The van der Waals surface area contributed by atoms with Gasteiger partial charge in [-0.1, -0.05) is 0 Å². The number of benzene rings is 1. The molecular weight excluding hydrogens is 249 g/mol. The summed E-state index contributed by atoms with van der Waals surface area (Å²) < 4.78 is 18.4. The Balaban J connectivity index is 2.31. The number of furan rings is 1. The fourth-order valence-corrected chi connectivity index (χ4v) is 1.95. The van der Waals surface area contributed by atoms with Gasteiger partial charge in [-0.3, -0.25) is 0 Å². The van der Waals surface area contributed by atoms with Gasteiger partial charge in [0.25, 0.3) is 0 Å². The highest BCUT2D eigenvalue weighted by Gasteiger charge is 2.21. The minimum Gasteiger partial charge on any atom is -0.478 e. The molecule has 0 aliphatic carbocycles. The molecule has 0 fully saturated rings. The fourth-order valence-electron chi connectivity index (χ4n) is 1.95. The normalized spacial score (nSPS) is 10.8. The molecule has 0 spiro atoms. The number of carboxylic acids is 1. The van der Waals surface area contributed by atoms with Crippen LogP contribution in [-0.4, -0.2) is 16.1 Å². The SMILES string of the molecule is O=C(O)c1c(-c2ccc(F)cc2)oc2ncccc12. The van der Waals surface area contributed by atoms with Gasteiger partial charge in [-0.2, -0.15) is 0 Å². The Kier molecular flexibility index (Phi) is 2.52. The van der Waals surface area contributed by atoms with E-state index in [2.05, 4.69) is 4.98 Å². The number of fused-ring (bicyclic) bond motifs is 1. The van der Waals surface area contributed by atoms with Crippen LogP contribution in [0.15, 0.2) is 47.0 Å². The summed E-state index contributed by atoms with van der Waals surface area (Å²) in [4.78, 5) is 15.4. The van der Waals surface area contributed by atoms with Crippen LogP contribution in [0.3, 0.4) is 0 Å². The maximum atomic E-state index is 12.9. The van der Waals surface area contributed by atoms with Crippen molar-refractivity contribution in [1.29, 1.82) is 0 Å². The summed E-state index contributed by atoms with van der Waals surface area (Å²) in [5.41, 5.74) is 0.783. The highest BCUT2D eigenvalue weighted by atomic mass is 19.1. The number of nitrogens with zero attached hydrogens (tertiary/aromatic N) is 1. The van der Waals surface area contributed by atoms with E-state index in [0.29, 0.717) is 10.9 Å². The van der Waals surface area contributed by atoms with E-state index >= 15 is 0 Å². The van der Waals surface area contributed by atoms with Gasteiger partial charge in [-0.15, -0.1) is 0 Å². The first-order valence-corrected chi connectivity index (χ1v) is 5.53. The highest BCUT2D eigenvalue weighted by Crippen LogP contribution is 2.32. The molecule has 0 atom stereocenters. The van der Waals surface area contributed by atoms with Crippen LogP contribution in [0.2, 0.25) is 0 Å². The number of hydrogen-bond acceptors (Lipinski definition) is 3. The van der Waals surface area contributed by atoms with Crippen LogP contribution in [0.4, 0.5) is 4.39 Å². The lowest BCUT2D eigenvalue weighted by Gasteiger charge is -1.98. The molecule has 1 N–H and O–H groups in total. The van der Waals surface area contributed by atoms with Crippen molar-refractivity contribution in [2.45, 2.75) is 0 Å². The minimum atomic E-state index is -1.11. The van der Waals surface area contributed by atoms with Crippen LogP contribution in [0.25, 0.3) is 22.4 Å². The highest BCUT2D eigenvalue weighted by molar-refractivity contribution is 6.07. The molecule has 0 radical (unpaired) electrons. The predicted molar refractivity (Wildman–Crippen MR) is 66.4 cm³/mol. The summed E-state index contributed by atoms with van der Waals surface area (Å²) in [7, 11) is 0. The molecule has 2 aromatic heterocycles. The van der Waals surface area contributed by atoms with E-state index in [9.17, 15) is 14.3 Å². The van der Waals surface area contributed by atoms with Gasteiger partial charge in [0, 0.05) is 11.8 Å². The Hall–Kier alpha value is -2.69. The largest absolute Gasteiger partial charge is 0.478 e. The average molecular weight is 257 g/mol. The molecule has 0 saturated carbocycles. The average Bonchev–Trinajstić information content (AvgIpc) is 2.78. The van der Waals surface area contributed by atoms with Crippen LogP contribution in [0.5, 0.6) is 0 Å². The van der Waals surface area contributed by atoms with Crippen molar-refractivity contribution in [2.75, 3.05) is 0 Å². The second-order valence-electron chi connectivity index (χ2n) is 3.97. The van der Waals surface area contributed by atoms with Gasteiger partial charge in [0.1, 0.15) is 11.4 Å². The zero-order chi connectivity index (χ0) is 13.4. The van der Waals surface area contributed by atoms with Crippen molar-refractivity contribution < 1.29 is 18.7 Å². The molecule has 4 nitrogen and oxygen atoms in total. The molecule has 94 valence electrons. The number of aromatic carboxylic acids is 1. The van der Waals surface area contributed by atoms with Crippen molar-refractivity contribution in [2.24, 2.45) is 0 Å². The Bertz CT molecular complexity index is 762. The van der Waals surface area contributed by atoms with E-state index in [-0.39, 0.29) is 17.0 Å². The van der Waals surface area contributed by atoms with Crippen molar-refractivity contribution in [1.82, 2.24) is 4.98 Å². The molecule has 3 rings (SSSR count). The van der Waals surface area contributed by atoms with Crippen LogP contribution in [-0.2, 0) is 0 Å². The van der Waals surface area contributed by atoms with Gasteiger partial charge in [-0.05, 0) is 36.4 Å². The molecule has 0 bridgehead atoms. The Morgan fingerprint density at radius 2 is 1.95 bits per heavy atom. The number of pyridine rings is 1. The summed E-state index contributed by atoms with van der Waals surface area (Å²) in [5, 5.41) is 9.73. The van der Waals surface area contributed by atoms with Crippen LogP contribution < -0.4 is 0 Å². The summed E-state index contributed by atoms with van der Waals surface area (Å²) in [6, 6.07) is 8.71. The second-order valence-corrected chi connectivity index (χ2v) is 3.97. The van der Waals surface area contributed by atoms with Gasteiger partial charge >= 0.3 is 5.97 Å². The number of hydrogen-bond donors (Lipinski definition) is 1. The van der Waals surface area contributed by atoms with Crippen LogP contribution in [0, 0.1) is 5.82 Å². The first kappa shape index (κ1) is 11.4. The Labute approximate surface area is 107 Å². The summed E-state index contributed by atoms with van der Waals surface area (Å²) >= 11 is 0. The monoisotopic (exact) mass is 257 g/mol. The summed E-state index contributed by atoms with van der Waals surface area (Å²) in [6.07, 6.45) is 1.52. The molecule has 1 aromatic carbocycles. The molecule has 3 aromatic rings. The lowest BCUT2D eigenvalue weighted by atomic mass is 10.1. The number of rotatable bonds is 2. The van der Waals surface area contributed by atoms with Crippen LogP contribution in [0.1, 0.15) is 10.4 Å². The van der Waals surface area contributed by atoms with Gasteiger partial charge in [0.2, 0.25) is 5.71 Å². The van der Waals surface area contributed by atoms with Crippen molar-refractivity contribution in [3.8, 4) is 11.3 Å². The van der Waals surface area contributed by atoms with E-state index in [4.69, 9.17) is 4.42 Å². The van der Waals surface area contributed by atoms with Crippen LogP contribution >= 0.6 is 0 Å². The first-order valence-electron chi connectivity index (χ1n) is 5.53. The first-order chi connectivity index (χ1) is 9.16. The number of aromatic nitrogens is 1. The van der Waals surface area contributed by atoms with Gasteiger partial charge < -0.3 is 9.52 Å². The molecule has 2 heterocycles. The Morgan fingerprint density at radius 1 is 1.21 bits per heavy atom. The molecule has 0 aliphatic heterocycles. The zero-order valence-corrected chi connectivity index (χ0v) is 9.63. The predicted octanol–water partition coefficient (Wildman–Crippen LogP) is 3.33. The van der Waals surface area contributed by atoms with Crippen molar-refractivity contribution in [3.63, 3.8) is 0 Å². The molecule has 5 heteroatoms. The summed E-state index contributed by atoms with van der Waals surface area (Å²) in [5.74, 6) is -1.32. The molecule has 19 heavy (non-hydrogen) atoms. The quantitative estimate of drug-likeness (QED) is 0.764. The van der Waals surface area contributed by atoms with E-state index in [1.165, 1.54) is 30.5 Å². The number of carboxylic acid groups (broad SMARTS) is 1. The number of carbonyl (C=O) groups is 1. The third-order valence-electron chi connectivity index (χ3n) is 2.79. The lowest BCUT2D eigenvalue weighted by molar-refractivity contribution is 0.0699. The van der Waals surface area contributed by atoms with Crippen molar-refractivity contribution >= 4 is 17.1 Å². The maximum absolute atomic E-state index is 12.9. The van der Waals surface area contributed by atoms with Crippen molar-refractivity contribution in [3.05, 3.63) is 54.0 Å². The van der Waals surface area contributed by atoms with E-state index in [0.717, 1.165) is 0 Å². The topological polar surface area (TPSA) is 63.3 Å². The Morgan fingerprint density at radius 3 is 2.63 bits per heavy atom. The second kappa shape index (κ2) is 4.20. The zero-order valence-electron chi connectivity index (χ0n) is 9.63. The smallest absolute Gasteiger partial charge is 0.340 e. The maximum Gasteiger partial charge on any atom is 0.340 e. The third kappa shape index (κ3) is 1.85. The third-order valence-corrected chi connectivity index (χ3v) is 2.79. The molecule has 0 aliphatic rings. The molecule has 0 unspecified atom stereocenters. The van der Waals surface area contributed by atoms with Gasteiger partial charge in [-0.25, -0.2) is 14.2 Å². The van der Waals surface area contributed by atoms with Gasteiger partial charge in [0.15, 0.2) is 5.76 Å².